The van der Waals surface area contributed by atoms with Crippen molar-refractivity contribution in [2.75, 3.05) is 19.7 Å². The van der Waals surface area contributed by atoms with Crippen LogP contribution in [-0.4, -0.2) is 40.1 Å². The second-order valence-electron chi connectivity index (χ2n) is 5.68. The van der Waals surface area contributed by atoms with E-state index in [4.69, 9.17) is 4.74 Å². The van der Waals surface area contributed by atoms with E-state index in [0.717, 1.165) is 29.5 Å². The number of thiophene rings is 1. The summed E-state index contributed by atoms with van der Waals surface area (Å²) >= 11 is 1.30. The van der Waals surface area contributed by atoms with E-state index in [1.165, 1.54) is 11.3 Å². The smallest absolute Gasteiger partial charge is 0.348 e. The van der Waals surface area contributed by atoms with Crippen molar-refractivity contribution in [3.63, 3.8) is 0 Å². The maximum absolute atomic E-state index is 12.4. The number of nitrogens with one attached hydrogen (secondary N) is 2. The second-order valence-corrected chi connectivity index (χ2v) is 8.53. The first kappa shape index (κ1) is 17.3. The van der Waals surface area contributed by atoms with Crippen LogP contribution in [0.15, 0.2) is 29.2 Å². The van der Waals surface area contributed by atoms with Gasteiger partial charge in [-0.15, -0.1) is 11.3 Å². The Morgan fingerprint density at radius 2 is 2.25 bits per heavy atom. The van der Waals surface area contributed by atoms with Crippen LogP contribution in [0.3, 0.4) is 0 Å². The highest BCUT2D eigenvalue weighted by Crippen LogP contribution is 2.28. The van der Waals surface area contributed by atoms with Gasteiger partial charge in [-0.05, 0) is 56.0 Å². The Hall–Kier alpha value is -1.48. The molecule has 1 aromatic heterocycles. The zero-order valence-electron chi connectivity index (χ0n) is 13.4. The third kappa shape index (κ3) is 3.77. The average Bonchev–Trinajstić information content (AvgIpc) is 3.21. The van der Waals surface area contributed by atoms with Gasteiger partial charge >= 0.3 is 5.97 Å². The molecule has 8 heteroatoms. The zero-order valence-corrected chi connectivity index (χ0v) is 15.0. The quantitative estimate of drug-likeness (QED) is 0.763. The van der Waals surface area contributed by atoms with Crippen LogP contribution >= 0.6 is 11.3 Å². The molecule has 2 aromatic rings. The van der Waals surface area contributed by atoms with E-state index >= 15 is 0 Å². The first-order valence-corrected chi connectivity index (χ1v) is 10.2. The Morgan fingerprint density at radius 1 is 1.42 bits per heavy atom. The minimum atomic E-state index is -3.56. The molecule has 0 bridgehead atoms. The summed E-state index contributed by atoms with van der Waals surface area (Å²) in [5, 5.41) is 3.99. The lowest BCUT2D eigenvalue weighted by Gasteiger charge is -2.12. The number of hydrogen-bond donors (Lipinski definition) is 2. The molecule has 0 saturated carbocycles. The van der Waals surface area contributed by atoms with Crippen molar-refractivity contribution in [3.8, 4) is 0 Å². The lowest BCUT2D eigenvalue weighted by atomic mass is 10.2. The monoisotopic (exact) mass is 368 g/mol. The van der Waals surface area contributed by atoms with Gasteiger partial charge in [-0.25, -0.2) is 17.9 Å². The molecular formula is C16H20N2O4S2. The van der Waals surface area contributed by atoms with Crippen LogP contribution in [0.5, 0.6) is 0 Å². The molecule has 1 unspecified atom stereocenters. The molecule has 0 amide bonds. The summed E-state index contributed by atoms with van der Waals surface area (Å²) in [6.07, 6.45) is 2.05. The maximum atomic E-state index is 12.4. The van der Waals surface area contributed by atoms with Crippen LogP contribution in [0.25, 0.3) is 10.1 Å². The lowest BCUT2D eigenvalue weighted by Crippen LogP contribution is -2.37. The van der Waals surface area contributed by atoms with Gasteiger partial charge in [0.2, 0.25) is 10.0 Å². The Morgan fingerprint density at radius 3 is 2.96 bits per heavy atom. The number of fused-ring (bicyclic) bond motifs is 1. The fourth-order valence-corrected chi connectivity index (χ4v) is 4.77. The summed E-state index contributed by atoms with van der Waals surface area (Å²) in [6.45, 7) is 3.38. The van der Waals surface area contributed by atoms with Gasteiger partial charge in [-0.3, -0.25) is 0 Å². The molecule has 2 N–H and O–H groups in total. The van der Waals surface area contributed by atoms with Crippen molar-refractivity contribution < 1.29 is 17.9 Å². The van der Waals surface area contributed by atoms with Gasteiger partial charge in [0.1, 0.15) is 4.88 Å². The van der Waals surface area contributed by atoms with E-state index in [-0.39, 0.29) is 16.9 Å². The third-order valence-corrected chi connectivity index (χ3v) is 6.47. The van der Waals surface area contributed by atoms with Crippen LogP contribution in [0.2, 0.25) is 0 Å². The van der Waals surface area contributed by atoms with Crippen molar-refractivity contribution in [2.45, 2.75) is 30.7 Å². The summed E-state index contributed by atoms with van der Waals surface area (Å²) in [7, 11) is -3.56. The average molecular weight is 368 g/mol. The second kappa shape index (κ2) is 7.18. The molecule has 1 aromatic carbocycles. The van der Waals surface area contributed by atoms with Crippen LogP contribution < -0.4 is 10.0 Å². The van der Waals surface area contributed by atoms with Gasteiger partial charge < -0.3 is 10.1 Å². The molecule has 6 nitrogen and oxygen atoms in total. The number of ether oxygens (including phenoxy) is 1. The summed E-state index contributed by atoms with van der Waals surface area (Å²) < 4.78 is 33.4. The fraction of sp³-hybridized carbons (Fsp3) is 0.438. The van der Waals surface area contributed by atoms with Crippen LogP contribution in [0, 0.1) is 0 Å². The predicted octanol–water partition coefficient (Wildman–Crippen LogP) is 2.11. The number of esters is 1. The topological polar surface area (TPSA) is 84.5 Å². The molecule has 2 heterocycles. The van der Waals surface area contributed by atoms with E-state index in [9.17, 15) is 13.2 Å². The van der Waals surface area contributed by atoms with Crippen molar-refractivity contribution >= 4 is 37.4 Å². The molecular weight excluding hydrogens is 348 g/mol. The molecule has 1 saturated heterocycles. The Balaban J connectivity index is 1.79. The predicted molar refractivity (Wildman–Crippen MR) is 94.0 cm³/mol. The summed E-state index contributed by atoms with van der Waals surface area (Å²) in [4.78, 5) is 12.5. The molecule has 1 fully saturated rings. The van der Waals surface area contributed by atoms with Gasteiger partial charge in [-0.1, -0.05) is 0 Å². The number of rotatable bonds is 6. The summed E-state index contributed by atoms with van der Waals surface area (Å²) in [6, 6.07) is 6.76. The molecule has 0 aliphatic carbocycles. The van der Waals surface area contributed by atoms with Gasteiger partial charge in [-0.2, -0.15) is 0 Å². The first-order valence-electron chi connectivity index (χ1n) is 7.93. The molecule has 3 rings (SSSR count). The van der Waals surface area contributed by atoms with Crippen molar-refractivity contribution in [1.82, 2.24) is 10.0 Å². The zero-order chi connectivity index (χ0) is 17.2. The third-order valence-electron chi connectivity index (χ3n) is 3.96. The van der Waals surface area contributed by atoms with Crippen molar-refractivity contribution in [2.24, 2.45) is 0 Å². The molecule has 0 radical (unpaired) electrons. The summed E-state index contributed by atoms with van der Waals surface area (Å²) in [5.41, 5.74) is 0. The number of carbonyl (C=O) groups excluding carboxylic acids is 1. The van der Waals surface area contributed by atoms with Gasteiger partial charge in [0.15, 0.2) is 0 Å². The van der Waals surface area contributed by atoms with Gasteiger partial charge in [0, 0.05) is 17.3 Å². The molecule has 0 spiro atoms. The van der Waals surface area contributed by atoms with Crippen LogP contribution in [-0.2, 0) is 14.8 Å². The highest BCUT2D eigenvalue weighted by Gasteiger charge is 2.20. The number of sulfonamides is 1. The van der Waals surface area contributed by atoms with Gasteiger partial charge in [0.05, 0.1) is 11.5 Å². The van der Waals surface area contributed by atoms with E-state index in [2.05, 4.69) is 10.0 Å². The Labute approximate surface area is 145 Å². The maximum Gasteiger partial charge on any atom is 0.348 e. The first-order chi connectivity index (χ1) is 11.5. The SMILES string of the molecule is CCOC(=O)c1cc2cc(S(=O)(=O)NCC3CCCN3)ccc2s1. The molecule has 24 heavy (non-hydrogen) atoms. The van der Waals surface area contributed by atoms with E-state index in [1.807, 2.05) is 0 Å². The number of benzene rings is 1. The molecule has 130 valence electrons. The fourth-order valence-electron chi connectivity index (χ4n) is 2.72. The highest BCUT2D eigenvalue weighted by atomic mass is 32.2. The Kier molecular flexibility index (Phi) is 5.19. The molecule has 1 aliphatic heterocycles. The minimum Gasteiger partial charge on any atom is -0.462 e. The van der Waals surface area contributed by atoms with E-state index in [1.54, 1.807) is 31.2 Å². The van der Waals surface area contributed by atoms with Crippen LogP contribution in [0.1, 0.15) is 29.4 Å². The highest BCUT2D eigenvalue weighted by molar-refractivity contribution is 7.89. The van der Waals surface area contributed by atoms with Gasteiger partial charge in [0.25, 0.3) is 0 Å². The van der Waals surface area contributed by atoms with Crippen molar-refractivity contribution in [3.05, 3.63) is 29.1 Å². The lowest BCUT2D eigenvalue weighted by molar-refractivity contribution is 0.0532. The van der Waals surface area contributed by atoms with Crippen LogP contribution in [0.4, 0.5) is 0 Å². The molecule has 1 aliphatic rings. The molecule has 1 atom stereocenters. The normalized spacial score (nSPS) is 18.1. The Bertz CT molecular complexity index is 839. The van der Waals surface area contributed by atoms with E-state index < -0.39 is 10.0 Å². The minimum absolute atomic E-state index is 0.195. The van der Waals surface area contributed by atoms with Crippen molar-refractivity contribution in [1.29, 1.82) is 0 Å². The number of carbonyl (C=O) groups is 1. The number of hydrogen-bond acceptors (Lipinski definition) is 6. The van der Waals surface area contributed by atoms with E-state index in [0.29, 0.717) is 18.0 Å². The largest absolute Gasteiger partial charge is 0.462 e. The standard InChI is InChI=1S/C16H20N2O4S2/c1-2-22-16(19)15-9-11-8-13(5-6-14(11)23-15)24(20,21)18-10-12-4-3-7-17-12/h5-6,8-9,12,17-18H,2-4,7,10H2,1H3. The summed E-state index contributed by atoms with van der Waals surface area (Å²) in [5.74, 6) is -0.381.